The summed E-state index contributed by atoms with van der Waals surface area (Å²) in [5.41, 5.74) is 0.878. The first-order chi connectivity index (χ1) is 12.3. The van der Waals surface area contributed by atoms with Crippen LogP contribution in [0.15, 0.2) is 36.7 Å². The van der Waals surface area contributed by atoms with Crippen LogP contribution in [0.3, 0.4) is 0 Å². The van der Waals surface area contributed by atoms with Gasteiger partial charge in [-0.25, -0.2) is 4.98 Å². The molecule has 0 aromatic carbocycles. The number of nitrogens with one attached hydrogen (secondary N) is 2. The first-order valence-electron chi connectivity index (χ1n) is 8.11. The molecule has 8 heteroatoms. The molecule has 25 heavy (non-hydrogen) atoms. The lowest BCUT2D eigenvalue weighted by Gasteiger charge is -2.05. The van der Waals surface area contributed by atoms with Crippen molar-refractivity contribution in [1.29, 1.82) is 0 Å². The van der Waals surface area contributed by atoms with Gasteiger partial charge in [-0.15, -0.1) is 11.3 Å². The van der Waals surface area contributed by atoms with E-state index in [-0.39, 0.29) is 12.0 Å². The number of amides is 1. The molecule has 0 unspecified atom stereocenters. The molecule has 1 atom stereocenters. The van der Waals surface area contributed by atoms with E-state index in [1.54, 1.807) is 12.4 Å². The van der Waals surface area contributed by atoms with E-state index in [1.165, 1.54) is 11.3 Å². The number of aromatic nitrogens is 4. The number of hydrogen-bond acceptors (Lipinski definition) is 6. The molecule has 1 aliphatic rings. The average Bonchev–Trinajstić information content (AvgIpc) is 3.41. The van der Waals surface area contributed by atoms with Gasteiger partial charge in [0.05, 0.1) is 17.5 Å². The minimum absolute atomic E-state index is 0.115. The standard InChI is InChI=1S/C17H17N5O2S/c23-17(14-4-3-13(25-14)12-2-1-9-24-12)19-10-15-20-16(22-21-15)11-5-7-18-8-6-11/h3-8,12H,1-2,9-10H2,(H,19,23)(H,20,21,22)/t12-/m1/s1. The molecule has 0 aliphatic carbocycles. The van der Waals surface area contributed by atoms with E-state index < -0.39 is 0 Å². The molecule has 0 saturated carbocycles. The van der Waals surface area contributed by atoms with Crippen LogP contribution in [0, 0.1) is 0 Å². The lowest BCUT2D eigenvalue weighted by molar-refractivity contribution is 0.0954. The third-order valence-electron chi connectivity index (χ3n) is 3.98. The molecule has 0 spiro atoms. The molecule has 3 aromatic heterocycles. The van der Waals surface area contributed by atoms with E-state index in [2.05, 4.69) is 25.5 Å². The summed E-state index contributed by atoms with van der Waals surface area (Å²) in [4.78, 5) is 22.5. The van der Waals surface area contributed by atoms with Crippen molar-refractivity contribution in [3.05, 3.63) is 52.2 Å². The Morgan fingerprint density at radius 2 is 2.20 bits per heavy atom. The van der Waals surface area contributed by atoms with Crippen LogP contribution in [0.2, 0.25) is 0 Å². The zero-order valence-corrected chi connectivity index (χ0v) is 14.3. The van der Waals surface area contributed by atoms with Crippen molar-refractivity contribution < 1.29 is 9.53 Å². The van der Waals surface area contributed by atoms with E-state index in [4.69, 9.17) is 4.74 Å². The van der Waals surface area contributed by atoms with Gasteiger partial charge in [0.1, 0.15) is 5.82 Å². The molecule has 0 bridgehead atoms. The highest BCUT2D eigenvalue weighted by Crippen LogP contribution is 2.33. The van der Waals surface area contributed by atoms with Gasteiger partial charge < -0.3 is 10.1 Å². The fraction of sp³-hybridized carbons (Fsp3) is 0.294. The Bertz CT molecular complexity index is 855. The first kappa shape index (κ1) is 15.9. The quantitative estimate of drug-likeness (QED) is 0.734. The molecule has 1 amide bonds. The highest BCUT2D eigenvalue weighted by molar-refractivity contribution is 7.14. The number of rotatable bonds is 5. The SMILES string of the molecule is O=C(NCc1nc(-c2ccncc2)n[nH]1)c1ccc([C@H]2CCCO2)s1. The molecule has 0 radical (unpaired) electrons. The van der Waals surface area contributed by atoms with Crippen molar-refractivity contribution in [2.45, 2.75) is 25.5 Å². The fourth-order valence-corrected chi connectivity index (χ4v) is 3.71. The Morgan fingerprint density at radius 1 is 1.32 bits per heavy atom. The summed E-state index contributed by atoms with van der Waals surface area (Å²) in [5.74, 6) is 1.08. The third kappa shape index (κ3) is 3.59. The molecular formula is C17H17N5O2S. The van der Waals surface area contributed by atoms with Gasteiger partial charge in [-0.1, -0.05) is 0 Å². The fourth-order valence-electron chi connectivity index (χ4n) is 2.71. The number of pyridine rings is 1. The summed E-state index contributed by atoms with van der Waals surface area (Å²) >= 11 is 1.49. The normalized spacial score (nSPS) is 16.9. The molecule has 1 aliphatic heterocycles. The number of H-pyrrole nitrogens is 1. The number of carbonyl (C=O) groups excluding carboxylic acids is 1. The number of nitrogens with zero attached hydrogens (tertiary/aromatic N) is 3. The minimum atomic E-state index is -0.115. The second kappa shape index (κ2) is 7.12. The second-order valence-electron chi connectivity index (χ2n) is 5.73. The predicted octanol–water partition coefficient (Wildman–Crippen LogP) is 2.71. The minimum Gasteiger partial charge on any atom is -0.373 e. The second-order valence-corrected chi connectivity index (χ2v) is 6.84. The van der Waals surface area contributed by atoms with E-state index in [9.17, 15) is 4.79 Å². The Labute approximate surface area is 148 Å². The average molecular weight is 355 g/mol. The van der Waals surface area contributed by atoms with Crippen LogP contribution in [0.4, 0.5) is 0 Å². The zero-order chi connectivity index (χ0) is 17.1. The van der Waals surface area contributed by atoms with Crippen molar-refractivity contribution >= 4 is 17.2 Å². The molecule has 1 saturated heterocycles. The van der Waals surface area contributed by atoms with Crippen molar-refractivity contribution in [3.63, 3.8) is 0 Å². The predicted molar refractivity (Wildman–Crippen MR) is 93.0 cm³/mol. The number of carbonyl (C=O) groups is 1. The van der Waals surface area contributed by atoms with Gasteiger partial charge >= 0.3 is 0 Å². The van der Waals surface area contributed by atoms with Gasteiger partial charge in [-0.2, -0.15) is 5.10 Å². The molecule has 4 rings (SSSR count). The monoisotopic (exact) mass is 355 g/mol. The molecule has 1 fully saturated rings. The maximum Gasteiger partial charge on any atom is 0.261 e. The Kier molecular flexibility index (Phi) is 4.53. The summed E-state index contributed by atoms with van der Waals surface area (Å²) in [7, 11) is 0. The van der Waals surface area contributed by atoms with Crippen LogP contribution in [0.25, 0.3) is 11.4 Å². The van der Waals surface area contributed by atoms with Crippen LogP contribution in [0.5, 0.6) is 0 Å². The van der Waals surface area contributed by atoms with Crippen molar-refractivity contribution in [3.8, 4) is 11.4 Å². The van der Waals surface area contributed by atoms with Gasteiger partial charge in [0, 0.05) is 29.4 Å². The van der Waals surface area contributed by atoms with Gasteiger partial charge in [0.25, 0.3) is 5.91 Å². The summed E-state index contributed by atoms with van der Waals surface area (Å²) in [6.07, 6.45) is 5.63. The number of thiophene rings is 1. The van der Waals surface area contributed by atoms with Crippen LogP contribution >= 0.6 is 11.3 Å². The Hall–Kier alpha value is -2.58. The number of aromatic amines is 1. The van der Waals surface area contributed by atoms with E-state index >= 15 is 0 Å². The summed E-state index contributed by atoms with van der Waals surface area (Å²) < 4.78 is 5.66. The maximum absolute atomic E-state index is 12.3. The third-order valence-corrected chi connectivity index (χ3v) is 5.16. The van der Waals surface area contributed by atoms with Gasteiger partial charge in [0.2, 0.25) is 0 Å². The lowest BCUT2D eigenvalue weighted by atomic mass is 10.2. The molecule has 2 N–H and O–H groups in total. The van der Waals surface area contributed by atoms with Crippen LogP contribution in [0.1, 0.15) is 39.3 Å². The van der Waals surface area contributed by atoms with E-state index in [0.717, 1.165) is 29.9 Å². The summed E-state index contributed by atoms with van der Waals surface area (Å²) in [6, 6.07) is 7.50. The van der Waals surface area contributed by atoms with E-state index in [0.29, 0.717) is 23.1 Å². The Balaban J connectivity index is 1.37. The highest BCUT2D eigenvalue weighted by Gasteiger charge is 2.21. The zero-order valence-electron chi connectivity index (χ0n) is 13.4. The Morgan fingerprint density at radius 3 is 3.00 bits per heavy atom. The van der Waals surface area contributed by atoms with Crippen LogP contribution in [-0.4, -0.2) is 32.7 Å². The largest absolute Gasteiger partial charge is 0.373 e. The first-order valence-corrected chi connectivity index (χ1v) is 8.92. The van der Waals surface area contributed by atoms with Crippen molar-refractivity contribution in [2.75, 3.05) is 6.61 Å². The molecule has 4 heterocycles. The number of hydrogen-bond donors (Lipinski definition) is 2. The summed E-state index contributed by atoms with van der Waals surface area (Å²) in [6.45, 7) is 1.10. The molecule has 3 aromatic rings. The lowest BCUT2D eigenvalue weighted by Crippen LogP contribution is -2.22. The van der Waals surface area contributed by atoms with Gasteiger partial charge in [-0.3, -0.25) is 14.9 Å². The van der Waals surface area contributed by atoms with Crippen molar-refractivity contribution in [2.24, 2.45) is 0 Å². The highest BCUT2D eigenvalue weighted by atomic mass is 32.1. The van der Waals surface area contributed by atoms with Crippen LogP contribution in [-0.2, 0) is 11.3 Å². The summed E-state index contributed by atoms with van der Waals surface area (Å²) in [5, 5.41) is 9.88. The van der Waals surface area contributed by atoms with Gasteiger partial charge in [0.15, 0.2) is 5.82 Å². The van der Waals surface area contributed by atoms with Gasteiger partial charge in [-0.05, 0) is 37.1 Å². The molecular weight excluding hydrogens is 338 g/mol. The van der Waals surface area contributed by atoms with Crippen LogP contribution < -0.4 is 5.32 Å². The van der Waals surface area contributed by atoms with Crippen molar-refractivity contribution in [1.82, 2.24) is 25.5 Å². The number of ether oxygens (including phenoxy) is 1. The van der Waals surface area contributed by atoms with E-state index in [1.807, 2.05) is 24.3 Å². The smallest absolute Gasteiger partial charge is 0.261 e. The molecule has 128 valence electrons. The topological polar surface area (TPSA) is 92.8 Å². The maximum atomic E-state index is 12.3. The molecule has 7 nitrogen and oxygen atoms in total.